The fourth-order valence-electron chi connectivity index (χ4n) is 3.81. The highest BCUT2D eigenvalue weighted by atomic mass is 32.2. The molecule has 0 aliphatic carbocycles. The number of amides is 1. The van der Waals surface area contributed by atoms with Crippen LogP contribution in [0.4, 0.5) is 11.4 Å². The lowest BCUT2D eigenvalue weighted by molar-refractivity contribution is -0.119. The molecule has 0 radical (unpaired) electrons. The molecule has 0 unspecified atom stereocenters. The van der Waals surface area contributed by atoms with E-state index in [0.717, 1.165) is 9.99 Å². The molecule has 2 aromatic carbocycles. The second-order valence-corrected chi connectivity index (χ2v) is 11.3. The molecule has 2 aromatic rings. The number of benzene rings is 2. The smallest absolute Gasteiger partial charge is 0.244 e. The number of rotatable bonds is 4. The molecule has 1 atom stereocenters. The lowest BCUT2D eigenvalue weighted by Crippen LogP contribution is -2.48. The van der Waals surface area contributed by atoms with E-state index in [1.807, 2.05) is 30.3 Å². The van der Waals surface area contributed by atoms with Crippen LogP contribution in [-0.4, -0.2) is 59.0 Å². The Morgan fingerprint density at radius 2 is 1.47 bits per heavy atom. The molecule has 2 aliphatic heterocycles. The van der Waals surface area contributed by atoms with Gasteiger partial charge in [0, 0.05) is 31.9 Å². The van der Waals surface area contributed by atoms with Crippen molar-refractivity contribution in [2.45, 2.75) is 11.8 Å². The highest BCUT2D eigenvalue weighted by molar-refractivity contribution is 7.94. The largest absolute Gasteiger partial charge is 0.369 e. The number of sulfonamides is 2. The summed E-state index contributed by atoms with van der Waals surface area (Å²) in [6.07, 6.45) is 0. The molecule has 0 N–H and O–H groups in total. The lowest BCUT2D eigenvalue weighted by atomic mass is 10.2. The molecular weight excluding hydrogens is 426 g/mol. The van der Waals surface area contributed by atoms with E-state index < -0.39 is 31.9 Å². The van der Waals surface area contributed by atoms with Crippen molar-refractivity contribution >= 4 is 37.3 Å². The highest BCUT2D eigenvalue weighted by Crippen LogP contribution is 2.30. The highest BCUT2D eigenvalue weighted by Gasteiger charge is 2.42. The van der Waals surface area contributed by atoms with E-state index in [-0.39, 0.29) is 16.3 Å². The lowest BCUT2D eigenvalue weighted by Gasteiger charge is -2.35. The summed E-state index contributed by atoms with van der Waals surface area (Å²) in [5.41, 5.74) is 1.22. The molecule has 0 saturated carbocycles. The number of hydrogen-bond donors (Lipinski definition) is 0. The summed E-state index contributed by atoms with van der Waals surface area (Å²) in [5, 5.41) is 0. The number of nitrogens with zero attached hydrogens (tertiary/aromatic N) is 3. The van der Waals surface area contributed by atoms with Gasteiger partial charge in [-0.15, -0.1) is 0 Å². The molecular formula is C20H23N3O5S2. The molecule has 2 heterocycles. The third kappa shape index (κ3) is 3.70. The topological polar surface area (TPSA) is 95.1 Å². The van der Waals surface area contributed by atoms with Crippen LogP contribution < -0.4 is 9.21 Å². The molecule has 2 saturated heterocycles. The first-order valence-electron chi connectivity index (χ1n) is 9.67. The van der Waals surface area contributed by atoms with Crippen LogP contribution in [0.2, 0.25) is 0 Å². The minimum atomic E-state index is -3.72. The van der Waals surface area contributed by atoms with Gasteiger partial charge in [0.25, 0.3) is 0 Å². The van der Waals surface area contributed by atoms with E-state index in [1.54, 1.807) is 6.92 Å². The number of hydrogen-bond acceptors (Lipinski definition) is 6. The SMILES string of the molecule is C[C@H]1CS(=O)(=O)N(c2ccc(S(=O)(=O)N3CCN(c4ccccc4)CC3)cc2)C1=O. The first-order chi connectivity index (χ1) is 14.2. The maximum atomic E-state index is 13.0. The summed E-state index contributed by atoms with van der Waals surface area (Å²) in [6.45, 7) is 3.44. The zero-order chi connectivity index (χ0) is 21.5. The van der Waals surface area contributed by atoms with Crippen LogP contribution in [0.3, 0.4) is 0 Å². The van der Waals surface area contributed by atoms with Crippen LogP contribution in [0.25, 0.3) is 0 Å². The molecule has 2 fully saturated rings. The Morgan fingerprint density at radius 3 is 2.00 bits per heavy atom. The number of para-hydroxylation sites is 1. The normalized spacial score (nSPS) is 22.4. The van der Waals surface area contributed by atoms with Gasteiger partial charge in [0.2, 0.25) is 26.0 Å². The number of piperazine rings is 1. The van der Waals surface area contributed by atoms with Gasteiger partial charge >= 0.3 is 0 Å². The van der Waals surface area contributed by atoms with Crippen molar-refractivity contribution in [1.29, 1.82) is 0 Å². The summed E-state index contributed by atoms with van der Waals surface area (Å²) >= 11 is 0. The van der Waals surface area contributed by atoms with E-state index >= 15 is 0 Å². The van der Waals surface area contributed by atoms with Crippen molar-refractivity contribution in [2.75, 3.05) is 41.1 Å². The van der Waals surface area contributed by atoms with Crippen molar-refractivity contribution in [1.82, 2.24) is 4.31 Å². The van der Waals surface area contributed by atoms with Crippen LogP contribution in [0.1, 0.15) is 6.92 Å². The quantitative estimate of drug-likeness (QED) is 0.702. The number of carbonyl (C=O) groups excluding carboxylic acids is 1. The third-order valence-electron chi connectivity index (χ3n) is 5.43. The van der Waals surface area contributed by atoms with Crippen molar-refractivity contribution in [3.8, 4) is 0 Å². The third-order valence-corrected chi connectivity index (χ3v) is 9.21. The molecule has 2 aliphatic rings. The second-order valence-electron chi connectivity index (χ2n) is 7.50. The Labute approximate surface area is 176 Å². The van der Waals surface area contributed by atoms with Gasteiger partial charge in [-0.1, -0.05) is 25.1 Å². The fourth-order valence-corrected chi connectivity index (χ4v) is 7.06. The van der Waals surface area contributed by atoms with E-state index in [0.29, 0.717) is 26.2 Å². The van der Waals surface area contributed by atoms with Crippen molar-refractivity contribution in [3.63, 3.8) is 0 Å². The molecule has 1 amide bonds. The van der Waals surface area contributed by atoms with Gasteiger partial charge in [0.1, 0.15) is 0 Å². The molecule has 160 valence electrons. The average Bonchev–Trinajstić information content (AvgIpc) is 2.95. The number of anilines is 2. The van der Waals surface area contributed by atoms with Crippen molar-refractivity contribution in [3.05, 3.63) is 54.6 Å². The minimum Gasteiger partial charge on any atom is -0.369 e. The molecule has 30 heavy (non-hydrogen) atoms. The van der Waals surface area contributed by atoms with E-state index in [1.165, 1.54) is 28.6 Å². The van der Waals surface area contributed by atoms with Crippen LogP contribution in [0.15, 0.2) is 59.5 Å². The van der Waals surface area contributed by atoms with Gasteiger partial charge in [0.15, 0.2) is 0 Å². The Kier molecular flexibility index (Phi) is 5.33. The van der Waals surface area contributed by atoms with Gasteiger partial charge in [-0.2, -0.15) is 4.31 Å². The summed E-state index contributed by atoms with van der Waals surface area (Å²) in [4.78, 5) is 14.4. The van der Waals surface area contributed by atoms with Crippen LogP contribution >= 0.6 is 0 Å². The van der Waals surface area contributed by atoms with Crippen LogP contribution in [0, 0.1) is 5.92 Å². The number of carbonyl (C=O) groups is 1. The fraction of sp³-hybridized carbons (Fsp3) is 0.350. The van der Waals surface area contributed by atoms with Gasteiger partial charge < -0.3 is 4.90 Å². The van der Waals surface area contributed by atoms with E-state index in [2.05, 4.69) is 4.90 Å². The Morgan fingerprint density at radius 1 is 0.867 bits per heavy atom. The predicted octanol–water partition coefficient (Wildman–Crippen LogP) is 1.51. The van der Waals surface area contributed by atoms with Gasteiger partial charge in [-0.25, -0.2) is 21.1 Å². The van der Waals surface area contributed by atoms with Crippen LogP contribution in [-0.2, 0) is 24.8 Å². The molecule has 0 bridgehead atoms. The van der Waals surface area contributed by atoms with Gasteiger partial charge in [0.05, 0.1) is 22.3 Å². The van der Waals surface area contributed by atoms with Crippen LogP contribution in [0.5, 0.6) is 0 Å². The minimum absolute atomic E-state index is 0.0801. The summed E-state index contributed by atoms with van der Waals surface area (Å²) < 4.78 is 52.7. The van der Waals surface area contributed by atoms with Gasteiger partial charge in [-0.05, 0) is 36.4 Å². The summed E-state index contributed by atoms with van der Waals surface area (Å²) in [5.74, 6) is -1.35. The van der Waals surface area contributed by atoms with E-state index in [4.69, 9.17) is 0 Å². The Bertz CT molecular complexity index is 1140. The second kappa shape index (κ2) is 7.68. The van der Waals surface area contributed by atoms with Crippen molar-refractivity contribution in [2.24, 2.45) is 5.92 Å². The van der Waals surface area contributed by atoms with Crippen molar-refractivity contribution < 1.29 is 21.6 Å². The maximum absolute atomic E-state index is 13.0. The monoisotopic (exact) mass is 449 g/mol. The van der Waals surface area contributed by atoms with Gasteiger partial charge in [-0.3, -0.25) is 4.79 Å². The zero-order valence-electron chi connectivity index (χ0n) is 16.5. The zero-order valence-corrected chi connectivity index (χ0v) is 18.1. The molecule has 10 heteroatoms. The standard InChI is InChI=1S/C20H23N3O5S2/c1-16-15-29(25,26)23(20(16)24)18-7-9-19(10-8-18)30(27,28)22-13-11-21(12-14-22)17-5-3-2-4-6-17/h2-10,16H,11-15H2,1H3/t16-/m0/s1. The molecule has 4 rings (SSSR count). The van der Waals surface area contributed by atoms with E-state index in [9.17, 15) is 21.6 Å². The average molecular weight is 450 g/mol. The first kappa shape index (κ1) is 20.8. The Balaban J connectivity index is 1.50. The Hall–Kier alpha value is -2.43. The molecule has 0 spiro atoms. The summed E-state index contributed by atoms with van der Waals surface area (Å²) in [7, 11) is -7.43. The molecule has 8 nitrogen and oxygen atoms in total. The summed E-state index contributed by atoms with van der Waals surface area (Å²) in [6, 6.07) is 15.3. The maximum Gasteiger partial charge on any atom is 0.244 e. The first-order valence-corrected chi connectivity index (χ1v) is 12.7. The predicted molar refractivity (Wildman–Crippen MR) is 114 cm³/mol. The molecule has 0 aromatic heterocycles.